The van der Waals surface area contributed by atoms with Crippen LogP contribution in [0, 0.1) is 0 Å². The number of hydrogen-bond donors (Lipinski definition) is 0. The molecule has 3 aromatic heterocycles. The van der Waals surface area contributed by atoms with Crippen molar-refractivity contribution < 1.29 is 0 Å². The van der Waals surface area contributed by atoms with Gasteiger partial charge < -0.3 is 23.5 Å². The van der Waals surface area contributed by atoms with Crippen molar-refractivity contribution in [3.63, 3.8) is 0 Å². The van der Waals surface area contributed by atoms with E-state index in [-0.39, 0.29) is 39.2 Å². The molecule has 0 radical (unpaired) electrons. The third kappa shape index (κ3) is 13.2. The van der Waals surface area contributed by atoms with E-state index < -0.39 is 0 Å². The first-order chi connectivity index (χ1) is 60.3. The molecule has 0 saturated heterocycles. The van der Waals surface area contributed by atoms with Crippen LogP contribution >= 0.6 is 0 Å². The van der Waals surface area contributed by atoms with Crippen LogP contribution in [0.15, 0.2) is 340 Å². The third-order valence-corrected chi connectivity index (χ3v) is 27.3. The molecule has 0 aliphatic carbocycles. The van der Waals surface area contributed by atoms with E-state index in [1.807, 2.05) is 0 Å². The van der Waals surface area contributed by atoms with Gasteiger partial charge in [0, 0.05) is 94.4 Å². The lowest BCUT2D eigenvalue weighted by Gasteiger charge is -2.46. The molecule has 0 N–H and O–H groups in total. The summed E-state index contributed by atoms with van der Waals surface area (Å²) in [5, 5.41) is 7.38. The topological polar surface area (TPSA) is 21.3 Å². The molecule has 6 heteroatoms. The van der Waals surface area contributed by atoms with Gasteiger partial charge in [-0.05, 0) is 249 Å². The molecular formula is C120H110BN5. The molecule has 0 saturated carbocycles. The summed E-state index contributed by atoms with van der Waals surface area (Å²) in [6.07, 6.45) is 0. The van der Waals surface area contributed by atoms with Crippen LogP contribution in [0.5, 0.6) is 0 Å². The van der Waals surface area contributed by atoms with E-state index in [9.17, 15) is 0 Å². The van der Waals surface area contributed by atoms with Crippen LogP contribution in [0.4, 0.5) is 34.1 Å². The summed E-state index contributed by atoms with van der Waals surface area (Å²) in [7, 11) is 0. The maximum atomic E-state index is 2.78. The van der Waals surface area contributed by atoms with Gasteiger partial charge in [-0.25, -0.2) is 0 Å². The molecule has 0 spiro atoms. The first-order valence-corrected chi connectivity index (χ1v) is 45.2. The number of nitrogens with zero attached hydrogens (tertiary/aromatic N) is 5. The second kappa shape index (κ2) is 29.1. The molecule has 2 aliphatic rings. The van der Waals surface area contributed by atoms with Crippen molar-refractivity contribution in [2.24, 2.45) is 0 Å². The fraction of sp³-hybridized carbons (Fsp3) is 0.200. The van der Waals surface area contributed by atoms with E-state index >= 15 is 0 Å². The lowest BCUT2D eigenvalue weighted by Crippen LogP contribution is -2.61. The third-order valence-electron chi connectivity index (χ3n) is 27.3. The quantitative estimate of drug-likeness (QED) is 0.127. The molecule has 5 heterocycles. The number of hydrogen-bond acceptors (Lipinski definition) is 2. The molecule has 618 valence electrons. The number of fused-ring (bicyclic) bond motifs is 13. The van der Waals surface area contributed by atoms with E-state index in [1.54, 1.807) is 0 Å². The lowest BCUT2D eigenvalue weighted by atomic mass is 9.33. The van der Waals surface area contributed by atoms with Crippen LogP contribution in [0.3, 0.4) is 0 Å². The van der Waals surface area contributed by atoms with Crippen molar-refractivity contribution in [2.45, 2.75) is 157 Å². The smallest absolute Gasteiger partial charge is 0.252 e. The molecule has 5 nitrogen and oxygen atoms in total. The number of aromatic nitrogens is 3. The maximum Gasteiger partial charge on any atom is 0.252 e. The van der Waals surface area contributed by atoms with E-state index in [4.69, 9.17) is 0 Å². The standard InChI is InChI=1S/C120H110BN5/c1-115(2,3)80-51-59-102-95(65-80)96-66-81(116(4,5)6)52-60-103(96)123(102)87-55-57-99-107(73-87)125(113-91(75-37-24-19-25-38-75)69-84(119(13,14)15)70-92(113)76-39-26-20-27-40-76)109-63-79(89-48-36-50-106-111(89)90-47-34-35-49-101(90)122(106)86-45-32-23-33-46-86)64-110-112(109)121(99)100-58-56-88(124-104-61-53-82(117(7,8)9)67-97(104)98-68-83(118(10,11)12)54-62-105(98)124)74-108(100)126(110)114-93(77-41-28-21-29-42-77)71-85(120(16,17)18)72-94(114)78-43-30-22-31-44-78/h19-74H,1-18H3. The Morgan fingerprint density at radius 3 is 0.841 bits per heavy atom. The normalized spacial score (nSPS) is 13.3. The highest BCUT2D eigenvalue weighted by Crippen LogP contribution is 2.57. The summed E-state index contributed by atoms with van der Waals surface area (Å²) < 4.78 is 7.65. The van der Waals surface area contributed by atoms with E-state index in [0.29, 0.717) is 0 Å². The molecule has 16 aromatic carbocycles. The molecule has 0 amide bonds. The van der Waals surface area contributed by atoms with Gasteiger partial charge in [-0.2, -0.15) is 0 Å². The number of benzene rings is 16. The Bertz CT molecular complexity index is 6970. The van der Waals surface area contributed by atoms with Crippen molar-refractivity contribution in [3.05, 3.63) is 373 Å². The average molecular weight is 1630 g/mol. The Hall–Kier alpha value is -13.4. The fourth-order valence-electron chi connectivity index (χ4n) is 20.4. The molecule has 0 atom stereocenters. The predicted molar refractivity (Wildman–Crippen MR) is 543 cm³/mol. The van der Waals surface area contributed by atoms with Crippen LogP contribution in [0.2, 0.25) is 0 Å². The second-order valence-electron chi connectivity index (χ2n) is 41.8. The van der Waals surface area contributed by atoms with Crippen LogP contribution in [0.1, 0.15) is 158 Å². The number of anilines is 6. The largest absolute Gasteiger partial charge is 0.310 e. The van der Waals surface area contributed by atoms with Crippen molar-refractivity contribution in [1.29, 1.82) is 0 Å². The molecule has 126 heavy (non-hydrogen) atoms. The molecule has 0 unspecified atom stereocenters. The van der Waals surface area contributed by atoms with Gasteiger partial charge in [0.05, 0.1) is 44.5 Å². The van der Waals surface area contributed by atoms with Crippen molar-refractivity contribution in [1.82, 2.24) is 13.7 Å². The molecule has 2 aliphatic heterocycles. The molecule has 19 aromatic rings. The highest BCUT2D eigenvalue weighted by Gasteiger charge is 2.47. The Kier molecular flexibility index (Phi) is 18.4. The summed E-state index contributed by atoms with van der Waals surface area (Å²) in [4.78, 5) is 5.55. The molecular weight excluding hydrogens is 1520 g/mol. The summed E-state index contributed by atoms with van der Waals surface area (Å²) in [6.45, 7) is 42.0. The minimum atomic E-state index is -0.340. The molecule has 0 bridgehead atoms. The van der Waals surface area contributed by atoms with Gasteiger partial charge in [-0.15, -0.1) is 0 Å². The van der Waals surface area contributed by atoms with Crippen LogP contribution in [0.25, 0.3) is 138 Å². The van der Waals surface area contributed by atoms with Gasteiger partial charge in [-0.3, -0.25) is 0 Å². The van der Waals surface area contributed by atoms with Crippen molar-refractivity contribution in [2.75, 3.05) is 9.80 Å². The van der Waals surface area contributed by atoms with E-state index in [1.165, 1.54) is 104 Å². The molecule has 0 fully saturated rings. The Balaban J connectivity index is 0.981. The summed E-state index contributed by atoms with van der Waals surface area (Å²) in [6, 6.07) is 132. The summed E-state index contributed by atoms with van der Waals surface area (Å²) >= 11 is 0. The zero-order valence-corrected chi connectivity index (χ0v) is 76.1. The predicted octanol–water partition coefficient (Wildman–Crippen LogP) is 31.2. The summed E-state index contributed by atoms with van der Waals surface area (Å²) in [5.74, 6) is 0. The van der Waals surface area contributed by atoms with Gasteiger partial charge in [0.1, 0.15) is 0 Å². The van der Waals surface area contributed by atoms with Gasteiger partial charge >= 0.3 is 0 Å². The minimum absolute atomic E-state index is 0.0912. The lowest BCUT2D eigenvalue weighted by molar-refractivity contribution is 0.590. The second-order valence-corrected chi connectivity index (χ2v) is 41.8. The van der Waals surface area contributed by atoms with Gasteiger partial charge in [-0.1, -0.05) is 331 Å². The Labute approximate surface area is 744 Å². The Morgan fingerprint density at radius 2 is 0.500 bits per heavy atom. The average Bonchev–Trinajstić information content (AvgIpc) is 1.00. The maximum absolute atomic E-state index is 2.78. The highest BCUT2D eigenvalue weighted by atomic mass is 15.2. The highest BCUT2D eigenvalue weighted by molar-refractivity contribution is 7.00. The van der Waals surface area contributed by atoms with Crippen molar-refractivity contribution in [3.8, 4) is 72.7 Å². The van der Waals surface area contributed by atoms with Crippen LogP contribution in [-0.4, -0.2) is 20.4 Å². The van der Waals surface area contributed by atoms with Crippen LogP contribution < -0.4 is 26.2 Å². The first-order valence-electron chi connectivity index (χ1n) is 45.2. The molecule has 21 rings (SSSR count). The monoisotopic (exact) mass is 1630 g/mol. The Morgan fingerprint density at radius 1 is 0.198 bits per heavy atom. The van der Waals surface area contributed by atoms with Gasteiger partial charge in [0.2, 0.25) is 0 Å². The van der Waals surface area contributed by atoms with Gasteiger partial charge in [0.15, 0.2) is 0 Å². The first kappa shape index (κ1) is 79.7. The summed E-state index contributed by atoms with van der Waals surface area (Å²) in [5.41, 5.74) is 38.8. The zero-order chi connectivity index (χ0) is 87.2. The fourth-order valence-corrected chi connectivity index (χ4v) is 20.4. The zero-order valence-electron chi connectivity index (χ0n) is 76.1. The van der Waals surface area contributed by atoms with E-state index in [0.717, 1.165) is 118 Å². The van der Waals surface area contributed by atoms with Crippen LogP contribution in [-0.2, 0) is 32.5 Å². The van der Waals surface area contributed by atoms with E-state index in [2.05, 4.69) is 488 Å². The number of para-hydroxylation sites is 2. The number of rotatable bonds is 10. The SMILES string of the molecule is CC(C)(C)c1cc(-c2ccccc2)c(N2c3cc(-n4c5ccc(C(C)(C)C)cc5c5cc(C(C)(C)C)ccc54)ccc3B3c4ccc(-n5c6ccc(C(C)(C)C)cc6c6cc(C(C)(C)C)ccc65)cc4N(c4c(-c5ccccc5)cc(C(C)(C)C)cc4-c4ccccc4)c4cc(-c5cccc6c5c5ccccc5n6-c5ccccc5)cc2c43)c(-c2ccccc2)c1. The minimum Gasteiger partial charge on any atom is -0.310 e. The van der Waals surface area contributed by atoms with Crippen molar-refractivity contribution >= 4 is 123 Å². The van der Waals surface area contributed by atoms with Gasteiger partial charge in [0.25, 0.3) is 6.71 Å².